The summed E-state index contributed by atoms with van der Waals surface area (Å²) in [6.45, 7) is 5.04. The van der Waals surface area contributed by atoms with E-state index in [2.05, 4.69) is 42.1 Å². The molecule has 0 bridgehead atoms. The van der Waals surface area contributed by atoms with E-state index in [-0.39, 0.29) is 11.8 Å². The van der Waals surface area contributed by atoms with Gasteiger partial charge in [0.05, 0.1) is 13.2 Å². The lowest BCUT2D eigenvalue weighted by molar-refractivity contribution is 0.0562. The van der Waals surface area contributed by atoms with Crippen molar-refractivity contribution < 1.29 is 13.9 Å². The molecule has 0 saturated carbocycles. The number of hydrogen-bond acceptors (Lipinski definition) is 4. The van der Waals surface area contributed by atoms with Crippen LogP contribution in [0.5, 0.6) is 0 Å². The van der Waals surface area contributed by atoms with Crippen LogP contribution in [0.2, 0.25) is 0 Å². The Morgan fingerprint density at radius 1 is 1.33 bits per heavy atom. The maximum Gasteiger partial charge on any atom is 0.373 e. The quantitative estimate of drug-likeness (QED) is 0.827. The lowest BCUT2D eigenvalue weighted by Gasteiger charge is -2.17. The first-order valence-electron chi connectivity index (χ1n) is 7.13. The van der Waals surface area contributed by atoms with E-state index in [1.54, 1.807) is 6.07 Å². The molecule has 0 radical (unpaired) electrons. The Morgan fingerprint density at radius 3 is 2.81 bits per heavy atom. The number of rotatable bonds is 6. The van der Waals surface area contributed by atoms with Crippen LogP contribution in [0, 0.1) is 6.92 Å². The molecule has 1 aromatic carbocycles. The number of esters is 1. The molecule has 0 spiro atoms. The highest BCUT2D eigenvalue weighted by Crippen LogP contribution is 2.25. The van der Waals surface area contributed by atoms with Crippen LogP contribution in [0.1, 0.15) is 46.8 Å². The van der Waals surface area contributed by atoms with Gasteiger partial charge in [0.15, 0.2) is 0 Å². The molecule has 112 valence electrons. The third kappa shape index (κ3) is 3.73. The molecule has 0 fully saturated rings. The molecule has 4 heteroatoms. The molecular weight excluding hydrogens is 266 g/mol. The van der Waals surface area contributed by atoms with Crippen LogP contribution in [0.3, 0.4) is 0 Å². The van der Waals surface area contributed by atoms with Gasteiger partial charge in [0, 0.05) is 0 Å². The largest absolute Gasteiger partial charge is 0.463 e. The van der Waals surface area contributed by atoms with Crippen molar-refractivity contribution >= 4 is 5.97 Å². The van der Waals surface area contributed by atoms with Crippen molar-refractivity contribution in [2.75, 3.05) is 13.7 Å². The van der Waals surface area contributed by atoms with Gasteiger partial charge in [-0.2, -0.15) is 0 Å². The van der Waals surface area contributed by atoms with Crippen LogP contribution < -0.4 is 5.32 Å². The zero-order valence-electron chi connectivity index (χ0n) is 12.7. The second-order valence-electron chi connectivity index (χ2n) is 4.99. The maximum absolute atomic E-state index is 11.5. The lowest BCUT2D eigenvalue weighted by Crippen LogP contribution is -2.22. The molecule has 1 unspecified atom stereocenters. The number of methoxy groups -OCH3 is 1. The van der Waals surface area contributed by atoms with E-state index < -0.39 is 5.97 Å². The molecule has 1 aromatic heterocycles. The Hall–Kier alpha value is -2.07. The second kappa shape index (κ2) is 7.09. The molecule has 2 aromatic rings. The SMILES string of the molecule is CCCNC(c1cccc(C)c1)c1ccc(C(=O)OC)o1. The minimum atomic E-state index is -0.459. The summed E-state index contributed by atoms with van der Waals surface area (Å²) in [5.74, 6) is 0.484. The van der Waals surface area contributed by atoms with E-state index in [4.69, 9.17) is 4.42 Å². The molecule has 4 nitrogen and oxygen atoms in total. The standard InChI is InChI=1S/C17H21NO3/c1-4-10-18-16(13-7-5-6-12(2)11-13)14-8-9-15(21-14)17(19)20-3/h5-9,11,16,18H,4,10H2,1-3H3. The van der Waals surface area contributed by atoms with E-state index in [9.17, 15) is 4.79 Å². The topological polar surface area (TPSA) is 51.5 Å². The molecule has 0 saturated heterocycles. The molecule has 1 heterocycles. The first kappa shape index (κ1) is 15.3. The summed E-state index contributed by atoms with van der Waals surface area (Å²) in [7, 11) is 1.35. The zero-order valence-corrected chi connectivity index (χ0v) is 12.7. The van der Waals surface area contributed by atoms with Gasteiger partial charge in [-0.25, -0.2) is 4.79 Å². The van der Waals surface area contributed by atoms with Gasteiger partial charge in [0.25, 0.3) is 0 Å². The lowest BCUT2D eigenvalue weighted by atomic mass is 10.0. The van der Waals surface area contributed by atoms with Crippen LogP contribution >= 0.6 is 0 Å². The summed E-state index contributed by atoms with van der Waals surface area (Å²) < 4.78 is 10.3. The van der Waals surface area contributed by atoms with E-state index in [0.29, 0.717) is 0 Å². The Morgan fingerprint density at radius 2 is 2.14 bits per heavy atom. The van der Waals surface area contributed by atoms with Gasteiger partial charge >= 0.3 is 5.97 Å². The molecule has 1 N–H and O–H groups in total. The fourth-order valence-corrected chi connectivity index (χ4v) is 2.24. The van der Waals surface area contributed by atoms with Crippen LogP contribution in [0.15, 0.2) is 40.8 Å². The minimum Gasteiger partial charge on any atom is -0.463 e. The molecule has 0 aliphatic rings. The molecular formula is C17H21NO3. The molecule has 0 aliphatic heterocycles. The monoisotopic (exact) mass is 287 g/mol. The van der Waals surface area contributed by atoms with Crippen LogP contribution in [0.25, 0.3) is 0 Å². The van der Waals surface area contributed by atoms with E-state index in [1.165, 1.54) is 12.7 Å². The van der Waals surface area contributed by atoms with Crippen molar-refractivity contribution in [3.8, 4) is 0 Å². The average molecular weight is 287 g/mol. The average Bonchev–Trinajstić information content (AvgIpc) is 2.97. The van der Waals surface area contributed by atoms with Gasteiger partial charge in [0.1, 0.15) is 5.76 Å². The highest BCUT2D eigenvalue weighted by atomic mass is 16.5. The molecule has 1 atom stereocenters. The number of nitrogens with one attached hydrogen (secondary N) is 1. The molecule has 0 amide bonds. The van der Waals surface area contributed by atoms with Gasteiger partial charge in [-0.1, -0.05) is 36.8 Å². The third-order valence-corrected chi connectivity index (χ3v) is 3.27. The fraction of sp³-hybridized carbons (Fsp3) is 0.353. The highest BCUT2D eigenvalue weighted by molar-refractivity contribution is 5.86. The number of carbonyl (C=O) groups is 1. The van der Waals surface area contributed by atoms with Gasteiger partial charge in [-0.15, -0.1) is 0 Å². The zero-order chi connectivity index (χ0) is 15.2. The van der Waals surface area contributed by atoms with Crippen molar-refractivity contribution in [2.24, 2.45) is 0 Å². The number of furan rings is 1. The first-order chi connectivity index (χ1) is 10.2. The fourth-order valence-electron chi connectivity index (χ4n) is 2.24. The van der Waals surface area contributed by atoms with Crippen LogP contribution in [-0.4, -0.2) is 19.6 Å². The Bertz CT molecular complexity index is 604. The molecule has 21 heavy (non-hydrogen) atoms. The molecule has 2 rings (SSSR count). The van der Waals surface area contributed by atoms with Crippen molar-refractivity contribution in [2.45, 2.75) is 26.3 Å². The summed E-state index contributed by atoms with van der Waals surface area (Å²) in [6.07, 6.45) is 1.02. The van der Waals surface area contributed by atoms with Crippen molar-refractivity contribution in [1.29, 1.82) is 0 Å². The van der Waals surface area contributed by atoms with Crippen molar-refractivity contribution in [3.05, 3.63) is 59.0 Å². The normalized spacial score (nSPS) is 12.1. The van der Waals surface area contributed by atoms with Gasteiger partial charge < -0.3 is 14.5 Å². The van der Waals surface area contributed by atoms with E-state index in [0.717, 1.165) is 24.3 Å². The summed E-state index contributed by atoms with van der Waals surface area (Å²) in [5, 5.41) is 3.45. The Kier molecular flexibility index (Phi) is 5.17. The highest BCUT2D eigenvalue weighted by Gasteiger charge is 2.19. The molecule has 0 aliphatic carbocycles. The Labute approximate surface area is 125 Å². The van der Waals surface area contributed by atoms with E-state index >= 15 is 0 Å². The smallest absolute Gasteiger partial charge is 0.373 e. The van der Waals surface area contributed by atoms with Gasteiger partial charge in [0.2, 0.25) is 5.76 Å². The van der Waals surface area contributed by atoms with E-state index in [1.807, 2.05) is 12.1 Å². The van der Waals surface area contributed by atoms with Gasteiger partial charge in [-0.3, -0.25) is 0 Å². The van der Waals surface area contributed by atoms with Gasteiger partial charge in [-0.05, 0) is 37.6 Å². The summed E-state index contributed by atoms with van der Waals surface area (Å²) in [6, 6.07) is 11.7. The number of ether oxygens (including phenoxy) is 1. The van der Waals surface area contributed by atoms with Crippen molar-refractivity contribution in [1.82, 2.24) is 5.32 Å². The number of aryl methyl sites for hydroxylation is 1. The summed E-state index contributed by atoms with van der Waals surface area (Å²) >= 11 is 0. The predicted molar refractivity (Wildman–Crippen MR) is 81.4 cm³/mol. The number of hydrogen-bond donors (Lipinski definition) is 1. The van der Waals surface area contributed by atoms with Crippen LogP contribution in [0.4, 0.5) is 0 Å². The maximum atomic E-state index is 11.5. The first-order valence-corrected chi connectivity index (χ1v) is 7.13. The third-order valence-electron chi connectivity index (χ3n) is 3.27. The Balaban J connectivity index is 2.31. The van der Waals surface area contributed by atoms with Crippen LogP contribution in [-0.2, 0) is 4.74 Å². The predicted octanol–water partition coefficient (Wildman–Crippen LogP) is 3.46. The minimum absolute atomic E-state index is 0.0664. The summed E-state index contributed by atoms with van der Waals surface area (Å²) in [5.41, 5.74) is 2.31. The second-order valence-corrected chi connectivity index (χ2v) is 4.99. The number of benzene rings is 1. The van der Waals surface area contributed by atoms with Crippen molar-refractivity contribution in [3.63, 3.8) is 0 Å². The summed E-state index contributed by atoms with van der Waals surface area (Å²) in [4.78, 5) is 11.5. The number of carbonyl (C=O) groups excluding carboxylic acids is 1.